The van der Waals surface area contributed by atoms with Crippen LogP contribution in [0.15, 0.2) is 53.4 Å². The van der Waals surface area contributed by atoms with Crippen LogP contribution in [0.4, 0.5) is 5.69 Å². The van der Waals surface area contributed by atoms with E-state index in [-0.39, 0.29) is 10.8 Å². The second kappa shape index (κ2) is 8.22. The fourth-order valence-corrected chi connectivity index (χ4v) is 6.12. The van der Waals surface area contributed by atoms with Gasteiger partial charge in [0.2, 0.25) is 15.9 Å². The van der Waals surface area contributed by atoms with Crippen molar-refractivity contribution in [3.8, 4) is 0 Å². The quantitative estimate of drug-likeness (QED) is 0.659. The topological polar surface area (TPSA) is 79.4 Å². The van der Waals surface area contributed by atoms with Gasteiger partial charge in [0.05, 0.1) is 20.1 Å². The lowest BCUT2D eigenvalue weighted by Crippen LogP contribution is -2.37. The van der Waals surface area contributed by atoms with Crippen LogP contribution in [0.3, 0.4) is 0 Å². The number of para-hydroxylation sites is 1. The number of thiazole rings is 1. The molecule has 0 bridgehead atoms. The molecule has 1 N–H and O–H groups in total. The first-order valence-electron chi connectivity index (χ1n) is 9.73. The van der Waals surface area contributed by atoms with E-state index in [2.05, 4.69) is 11.4 Å². The highest BCUT2D eigenvalue weighted by atomic mass is 32.2. The molecule has 1 fully saturated rings. The second-order valence-corrected chi connectivity index (χ2v) is 10.1. The average Bonchev–Trinajstić information content (AvgIpc) is 3.18. The van der Waals surface area contributed by atoms with Gasteiger partial charge in [0.25, 0.3) is 0 Å². The first-order chi connectivity index (χ1) is 14.0. The number of nitrogens with zero attached hydrogens (tertiary/aromatic N) is 2. The molecule has 1 aliphatic rings. The van der Waals surface area contributed by atoms with E-state index in [1.165, 1.54) is 4.70 Å². The van der Waals surface area contributed by atoms with Crippen LogP contribution in [-0.4, -0.2) is 36.7 Å². The standard InChI is InChI=1S/C21H23N3O3S2/c1-2-20(25)22-16-7-9-17(10-8-16)29(26,27)24-13-11-15(12-14-24)21-23-18-5-3-4-6-19(18)28-21/h3-10,15H,2,11-14H2,1H3,(H,22,25). The molecule has 0 spiro atoms. The first kappa shape index (κ1) is 20.0. The minimum atomic E-state index is -3.54. The third kappa shape index (κ3) is 4.19. The molecule has 0 aliphatic carbocycles. The summed E-state index contributed by atoms with van der Waals surface area (Å²) in [6.07, 6.45) is 1.91. The van der Waals surface area contributed by atoms with Gasteiger partial charge in [0.15, 0.2) is 0 Å². The maximum Gasteiger partial charge on any atom is 0.243 e. The van der Waals surface area contributed by atoms with E-state index in [9.17, 15) is 13.2 Å². The van der Waals surface area contributed by atoms with Crippen LogP contribution in [0.1, 0.15) is 37.1 Å². The molecule has 1 amide bonds. The Kier molecular flexibility index (Phi) is 5.67. The maximum absolute atomic E-state index is 13.0. The number of amides is 1. The van der Waals surface area contributed by atoms with Gasteiger partial charge in [-0.25, -0.2) is 13.4 Å². The van der Waals surface area contributed by atoms with Crippen LogP contribution < -0.4 is 5.32 Å². The number of piperidine rings is 1. The number of hydrogen-bond donors (Lipinski definition) is 1. The fourth-order valence-electron chi connectivity index (χ4n) is 3.52. The highest BCUT2D eigenvalue weighted by Gasteiger charge is 2.31. The molecule has 0 unspecified atom stereocenters. The molecule has 1 saturated heterocycles. The summed E-state index contributed by atoms with van der Waals surface area (Å²) in [4.78, 5) is 16.5. The summed E-state index contributed by atoms with van der Waals surface area (Å²) in [5, 5.41) is 3.83. The van der Waals surface area contributed by atoms with Gasteiger partial charge in [0, 0.05) is 31.1 Å². The Bertz CT molecular complexity index is 1080. The number of hydrogen-bond acceptors (Lipinski definition) is 5. The SMILES string of the molecule is CCC(=O)Nc1ccc(S(=O)(=O)N2CCC(c3nc4ccccc4s3)CC2)cc1. The van der Waals surface area contributed by atoms with Gasteiger partial charge in [-0.05, 0) is 49.2 Å². The van der Waals surface area contributed by atoms with E-state index in [0.29, 0.717) is 31.1 Å². The molecule has 4 rings (SSSR count). The van der Waals surface area contributed by atoms with Gasteiger partial charge in [-0.15, -0.1) is 11.3 Å². The van der Waals surface area contributed by atoms with E-state index in [1.807, 2.05) is 18.2 Å². The maximum atomic E-state index is 13.0. The lowest BCUT2D eigenvalue weighted by atomic mass is 9.99. The Morgan fingerprint density at radius 2 is 1.83 bits per heavy atom. The molecule has 2 aromatic carbocycles. The number of rotatable bonds is 5. The minimum absolute atomic E-state index is 0.0995. The summed E-state index contributed by atoms with van der Waals surface area (Å²) in [6, 6.07) is 14.5. The van der Waals surface area contributed by atoms with Gasteiger partial charge >= 0.3 is 0 Å². The average molecular weight is 430 g/mol. The van der Waals surface area contributed by atoms with E-state index in [4.69, 9.17) is 4.98 Å². The normalized spacial score (nSPS) is 16.2. The number of anilines is 1. The van der Waals surface area contributed by atoms with Crippen molar-refractivity contribution in [3.63, 3.8) is 0 Å². The Hall–Kier alpha value is -2.29. The van der Waals surface area contributed by atoms with Gasteiger partial charge in [-0.2, -0.15) is 4.31 Å². The molecule has 29 heavy (non-hydrogen) atoms. The monoisotopic (exact) mass is 429 g/mol. The van der Waals surface area contributed by atoms with Crippen molar-refractivity contribution in [1.29, 1.82) is 0 Å². The molecule has 2 heterocycles. The number of nitrogens with one attached hydrogen (secondary N) is 1. The van der Waals surface area contributed by atoms with E-state index in [1.54, 1.807) is 46.8 Å². The van der Waals surface area contributed by atoms with Crippen molar-refractivity contribution in [1.82, 2.24) is 9.29 Å². The van der Waals surface area contributed by atoms with Crippen LogP contribution in [0, 0.1) is 0 Å². The Morgan fingerprint density at radius 1 is 1.14 bits per heavy atom. The zero-order valence-electron chi connectivity index (χ0n) is 16.2. The zero-order chi connectivity index (χ0) is 20.4. The first-order valence-corrected chi connectivity index (χ1v) is 12.0. The minimum Gasteiger partial charge on any atom is -0.326 e. The van der Waals surface area contributed by atoms with Crippen LogP contribution in [0.2, 0.25) is 0 Å². The van der Waals surface area contributed by atoms with E-state index >= 15 is 0 Å². The van der Waals surface area contributed by atoms with Crippen molar-refractivity contribution in [3.05, 3.63) is 53.5 Å². The lowest BCUT2D eigenvalue weighted by Gasteiger charge is -2.30. The van der Waals surface area contributed by atoms with Crippen LogP contribution in [0.25, 0.3) is 10.2 Å². The molecular formula is C21H23N3O3S2. The number of benzene rings is 2. The summed E-state index contributed by atoms with van der Waals surface area (Å²) in [5.41, 5.74) is 1.61. The Morgan fingerprint density at radius 3 is 2.48 bits per heavy atom. The zero-order valence-corrected chi connectivity index (χ0v) is 17.8. The molecular weight excluding hydrogens is 406 g/mol. The molecule has 6 nitrogen and oxygen atoms in total. The number of carbonyl (C=O) groups excluding carboxylic acids is 1. The molecule has 3 aromatic rings. The number of carbonyl (C=O) groups is 1. The molecule has 8 heteroatoms. The highest BCUT2D eigenvalue weighted by molar-refractivity contribution is 7.89. The van der Waals surface area contributed by atoms with Crippen molar-refractivity contribution >= 4 is 43.2 Å². The Labute approximate surface area is 174 Å². The lowest BCUT2D eigenvalue weighted by molar-refractivity contribution is -0.115. The van der Waals surface area contributed by atoms with Gasteiger partial charge < -0.3 is 5.32 Å². The van der Waals surface area contributed by atoms with Crippen molar-refractivity contribution < 1.29 is 13.2 Å². The van der Waals surface area contributed by atoms with E-state index in [0.717, 1.165) is 23.4 Å². The van der Waals surface area contributed by atoms with E-state index < -0.39 is 10.0 Å². The summed E-state index contributed by atoms with van der Waals surface area (Å²) >= 11 is 1.70. The van der Waals surface area contributed by atoms with Gasteiger partial charge in [0.1, 0.15) is 0 Å². The smallest absolute Gasteiger partial charge is 0.243 e. The van der Waals surface area contributed by atoms with Crippen molar-refractivity contribution in [2.75, 3.05) is 18.4 Å². The molecule has 152 valence electrons. The van der Waals surface area contributed by atoms with Crippen molar-refractivity contribution in [2.45, 2.75) is 37.0 Å². The predicted molar refractivity (Wildman–Crippen MR) is 116 cm³/mol. The number of aromatic nitrogens is 1. The summed E-state index contributed by atoms with van der Waals surface area (Å²) in [6.45, 7) is 2.74. The van der Waals surface area contributed by atoms with Crippen LogP contribution in [-0.2, 0) is 14.8 Å². The number of fused-ring (bicyclic) bond motifs is 1. The summed E-state index contributed by atoms with van der Waals surface area (Å²) < 4.78 is 28.7. The summed E-state index contributed by atoms with van der Waals surface area (Å²) in [7, 11) is -3.54. The summed E-state index contributed by atoms with van der Waals surface area (Å²) in [5.74, 6) is 0.197. The highest BCUT2D eigenvalue weighted by Crippen LogP contribution is 2.35. The number of sulfonamides is 1. The molecule has 1 aliphatic heterocycles. The second-order valence-electron chi connectivity index (χ2n) is 7.12. The fraction of sp³-hybridized carbons (Fsp3) is 0.333. The van der Waals surface area contributed by atoms with Gasteiger partial charge in [-0.3, -0.25) is 4.79 Å². The van der Waals surface area contributed by atoms with Gasteiger partial charge in [-0.1, -0.05) is 19.1 Å². The predicted octanol–water partition coefficient (Wildman–Crippen LogP) is 4.21. The van der Waals surface area contributed by atoms with Crippen LogP contribution in [0.5, 0.6) is 0 Å². The Balaban J connectivity index is 1.43. The third-order valence-electron chi connectivity index (χ3n) is 5.21. The van der Waals surface area contributed by atoms with Crippen molar-refractivity contribution in [2.24, 2.45) is 0 Å². The third-order valence-corrected chi connectivity index (χ3v) is 8.32. The molecule has 0 radical (unpaired) electrons. The van der Waals surface area contributed by atoms with Crippen LogP contribution >= 0.6 is 11.3 Å². The largest absolute Gasteiger partial charge is 0.326 e. The molecule has 0 atom stereocenters. The molecule has 1 aromatic heterocycles. The molecule has 0 saturated carbocycles.